The molecule has 0 atom stereocenters. The van der Waals surface area contributed by atoms with Gasteiger partial charge in [-0.15, -0.1) is 0 Å². The van der Waals surface area contributed by atoms with Crippen LogP contribution in [0.2, 0.25) is 0 Å². The highest BCUT2D eigenvalue weighted by Crippen LogP contribution is 2.20. The molecule has 1 aromatic carbocycles. The van der Waals surface area contributed by atoms with Gasteiger partial charge in [0.15, 0.2) is 5.65 Å². The summed E-state index contributed by atoms with van der Waals surface area (Å²) in [4.78, 5) is 4.56. The highest BCUT2D eigenvalue weighted by Gasteiger charge is 2.04. The van der Waals surface area contributed by atoms with Crippen molar-refractivity contribution in [3.05, 3.63) is 53.3 Å². The molecule has 0 bridgehead atoms. The van der Waals surface area contributed by atoms with Gasteiger partial charge in [-0.2, -0.15) is 5.10 Å². The normalized spacial score (nSPS) is 10.8. The average molecular weight is 274 g/mol. The van der Waals surface area contributed by atoms with Crippen molar-refractivity contribution in [3.8, 4) is 11.3 Å². The van der Waals surface area contributed by atoms with E-state index in [9.17, 15) is 0 Å². The van der Waals surface area contributed by atoms with Crippen molar-refractivity contribution >= 4 is 21.6 Å². The van der Waals surface area contributed by atoms with Crippen molar-refractivity contribution < 1.29 is 0 Å². The molecule has 0 unspecified atom stereocenters. The molecule has 3 rings (SSSR count). The Morgan fingerprint density at radius 2 is 1.88 bits per heavy atom. The van der Waals surface area contributed by atoms with Crippen molar-refractivity contribution in [2.24, 2.45) is 0 Å². The van der Waals surface area contributed by atoms with E-state index in [2.05, 4.69) is 26.0 Å². The molecule has 0 aliphatic carbocycles. The van der Waals surface area contributed by atoms with Crippen LogP contribution in [-0.4, -0.2) is 14.6 Å². The molecule has 3 nitrogen and oxygen atoms in total. The van der Waals surface area contributed by atoms with Gasteiger partial charge < -0.3 is 0 Å². The fraction of sp³-hybridized carbons (Fsp3) is 0. The maximum atomic E-state index is 4.56. The molecule has 78 valence electrons. The first-order valence-corrected chi connectivity index (χ1v) is 5.69. The van der Waals surface area contributed by atoms with Crippen LogP contribution in [-0.2, 0) is 0 Å². The lowest BCUT2D eigenvalue weighted by Gasteiger charge is -2.01. The topological polar surface area (TPSA) is 30.2 Å². The summed E-state index contributed by atoms with van der Waals surface area (Å²) in [6.07, 6.45) is 3.66. The monoisotopic (exact) mass is 273 g/mol. The summed E-state index contributed by atoms with van der Waals surface area (Å²) < 4.78 is 2.65. The number of rotatable bonds is 1. The summed E-state index contributed by atoms with van der Waals surface area (Å²) >= 11 is 3.43. The third-order valence-corrected chi connectivity index (χ3v) is 2.96. The second-order valence-electron chi connectivity index (χ2n) is 3.44. The zero-order valence-electron chi connectivity index (χ0n) is 8.34. The molecule has 0 saturated heterocycles. The van der Waals surface area contributed by atoms with E-state index in [1.54, 1.807) is 10.7 Å². The predicted octanol–water partition coefficient (Wildman–Crippen LogP) is 3.16. The minimum Gasteiger partial charge on any atom is -0.227 e. The molecule has 0 saturated carbocycles. The average Bonchev–Trinajstić information content (AvgIpc) is 2.72. The molecule has 0 fully saturated rings. The van der Waals surface area contributed by atoms with Gasteiger partial charge >= 0.3 is 0 Å². The first-order chi connectivity index (χ1) is 7.84. The Bertz CT molecular complexity index is 631. The lowest BCUT2D eigenvalue weighted by atomic mass is 10.1. The summed E-state index contributed by atoms with van der Waals surface area (Å²) in [5.74, 6) is 0. The number of benzene rings is 1. The van der Waals surface area contributed by atoms with Gasteiger partial charge in [-0.3, -0.25) is 0 Å². The fourth-order valence-corrected chi connectivity index (χ4v) is 1.97. The highest BCUT2D eigenvalue weighted by molar-refractivity contribution is 9.10. The number of nitrogens with zero attached hydrogens (tertiary/aromatic N) is 3. The number of hydrogen-bond acceptors (Lipinski definition) is 2. The van der Waals surface area contributed by atoms with Crippen LogP contribution in [0.15, 0.2) is 53.3 Å². The van der Waals surface area contributed by atoms with Crippen LogP contribution in [0.25, 0.3) is 16.9 Å². The minimum atomic E-state index is 0.835. The second kappa shape index (κ2) is 3.72. The van der Waals surface area contributed by atoms with E-state index in [1.165, 1.54) is 0 Å². The van der Waals surface area contributed by atoms with Gasteiger partial charge in [0.2, 0.25) is 0 Å². The van der Waals surface area contributed by atoms with Gasteiger partial charge in [-0.1, -0.05) is 30.3 Å². The maximum Gasteiger partial charge on any atom is 0.169 e. The van der Waals surface area contributed by atoms with Gasteiger partial charge in [0.1, 0.15) is 0 Å². The fourth-order valence-electron chi connectivity index (χ4n) is 1.61. The number of fused-ring (bicyclic) bond motifs is 1. The summed E-state index contributed by atoms with van der Waals surface area (Å²) in [5.41, 5.74) is 2.90. The highest BCUT2D eigenvalue weighted by atomic mass is 79.9. The van der Waals surface area contributed by atoms with Crippen LogP contribution < -0.4 is 0 Å². The van der Waals surface area contributed by atoms with Crippen LogP contribution in [0.4, 0.5) is 0 Å². The molecule has 2 aromatic heterocycles. The number of halogens is 1. The molecule has 0 radical (unpaired) electrons. The summed E-state index contributed by atoms with van der Waals surface area (Å²) in [6, 6.07) is 12.1. The van der Waals surface area contributed by atoms with Crippen LogP contribution in [0.5, 0.6) is 0 Å². The van der Waals surface area contributed by atoms with Crippen molar-refractivity contribution in [1.29, 1.82) is 0 Å². The van der Waals surface area contributed by atoms with E-state index < -0.39 is 0 Å². The van der Waals surface area contributed by atoms with Gasteiger partial charge in [0, 0.05) is 11.8 Å². The third kappa shape index (κ3) is 1.51. The predicted molar refractivity (Wildman–Crippen MR) is 66.1 cm³/mol. The maximum absolute atomic E-state index is 4.56. The number of hydrogen-bond donors (Lipinski definition) is 0. The van der Waals surface area contributed by atoms with E-state index in [-0.39, 0.29) is 0 Å². The molecule has 0 aliphatic heterocycles. The Labute approximate surface area is 101 Å². The van der Waals surface area contributed by atoms with Gasteiger partial charge in [-0.25, -0.2) is 9.50 Å². The van der Waals surface area contributed by atoms with E-state index in [1.807, 2.05) is 42.6 Å². The van der Waals surface area contributed by atoms with Crippen LogP contribution in [0.3, 0.4) is 0 Å². The number of aromatic nitrogens is 3. The quantitative estimate of drug-likeness (QED) is 0.682. The third-order valence-electron chi connectivity index (χ3n) is 2.40. The van der Waals surface area contributed by atoms with Crippen LogP contribution >= 0.6 is 15.9 Å². The van der Waals surface area contributed by atoms with Crippen molar-refractivity contribution in [2.75, 3.05) is 0 Å². The van der Waals surface area contributed by atoms with Crippen molar-refractivity contribution in [3.63, 3.8) is 0 Å². The Balaban J connectivity index is 2.22. The Kier molecular flexibility index (Phi) is 2.22. The molecule has 2 heterocycles. The molecule has 3 aromatic rings. The molecule has 0 aliphatic rings. The largest absolute Gasteiger partial charge is 0.227 e. The minimum absolute atomic E-state index is 0.835. The Morgan fingerprint density at radius 1 is 1.06 bits per heavy atom. The SMILES string of the molecule is Brc1cnn2ccc(-c3ccccc3)nc12. The van der Waals surface area contributed by atoms with Gasteiger partial charge in [0.25, 0.3) is 0 Å². The second-order valence-corrected chi connectivity index (χ2v) is 4.29. The first-order valence-electron chi connectivity index (χ1n) is 4.90. The molecule has 0 spiro atoms. The molecule has 16 heavy (non-hydrogen) atoms. The molecule has 0 N–H and O–H groups in total. The molecule has 0 amide bonds. The van der Waals surface area contributed by atoms with E-state index in [0.717, 1.165) is 21.4 Å². The summed E-state index contributed by atoms with van der Waals surface area (Å²) in [5, 5.41) is 4.16. The zero-order chi connectivity index (χ0) is 11.0. The van der Waals surface area contributed by atoms with Crippen molar-refractivity contribution in [2.45, 2.75) is 0 Å². The smallest absolute Gasteiger partial charge is 0.169 e. The summed E-state index contributed by atoms with van der Waals surface area (Å²) in [6.45, 7) is 0. The van der Waals surface area contributed by atoms with Crippen molar-refractivity contribution in [1.82, 2.24) is 14.6 Å². The first kappa shape index (κ1) is 9.54. The van der Waals surface area contributed by atoms with E-state index in [0.29, 0.717) is 0 Å². The molecular formula is C12H8BrN3. The van der Waals surface area contributed by atoms with Gasteiger partial charge in [0.05, 0.1) is 16.4 Å². The molecule has 4 heteroatoms. The lowest BCUT2D eigenvalue weighted by Crippen LogP contribution is -1.91. The van der Waals surface area contributed by atoms with E-state index >= 15 is 0 Å². The Morgan fingerprint density at radius 3 is 2.69 bits per heavy atom. The Hall–Kier alpha value is -1.68. The van der Waals surface area contributed by atoms with Crippen LogP contribution in [0, 0.1) is 0 Å². The summed E-state index contributed by atoms with van der Waals surface area (Å²) in [7, 11) is 0. The standard InChI is InChI=1S/C12H8BrN3/c13-10-8-14-16-7-6-11(15-12(10)16)9-4-2-1-3-5-9/h1-8H. The van der Waals surface area contributed by atoms with Gasteiger partial charge in [-0.05, 0) is 22.0 Å². The van der Waals surface area contributed by atoms with Crippen LogP contribution in [0.1, 0.15) is 0 Å². The van der Waals surface area contributed by atoms with E-state index in [4.69, 9.17) is 0 Å². The molecular weight excluding hydrogens is 266 g/mol. The lowest BCUT2D eigenvalue weighted by molar-refractivity contribution is 0.941. The zero-order valence-corrected chi connectivity index (χ0v) is 9.92.